The molecule has 0 spiro atoms. The van der Waals surface area contributed by atoms with Gasteiger partial charge in [0.1, 0.15) is 0 Å². The zero-order valence-electron chi connectivity index (χ0n) is 15.8. The van der Waals surface area contributed by atoms with E-state index in [4.69, 9.17) is 9.47 Å². The highest BCUT2D eigenvalue weighted by atomic mass is 32.2. The molecular weight excluding hydrogens is 416 g/mol. The van der Waals surface area contributed by atoms with E-state index in [0.717, 1.165) is 23.5 Å². The SMILES string of the molecule is COC(=O)[C@@]1([C@@]2(C(=O)OC)S[C@H](C)C[C@H](C)S2=O)S[C@@H](C)C[C@@H](C)S1=O. The van der Waals surface area contributed by atoms with Crippen LogP contribution in [0.3, 0.4) is 0 Å². The lowest BCUT2D eigenvalue weighted by Gasteiger charge is -2.51. The molecule has 26 heavy (non-hydrogen) atoms. The van der Waals surface area contributed by atoms with Crippen LogP contribution in [-0.4, -0.2) is 63.7 Å². The fraction of sp³-hybridized carbons (Fsp3) is 0.875. The second kappa shape index (κ2) is 8.13. The van der Waals surface area contributed by atoms with E-state index < -0.39 is 41.7 Å². The molecule has 8 atom stereocenters. The summed E-state index contributed by atoms with van der Waals surface area (Å²) in [6.45, 7) is 7.42. The van der Waals surface area contributed by atoms with Crippen molar-refractivity contribution in [3.63, 3.8) is 0 Å². The Morgan fingerprint density at radius 1 is 0.808 bits per heavy atom. The second-order valence-electron chi connectivity index (χ2n) is 6.76. The molecule has 2 fully saturated rings. The van der Waals surface area contributed by atoms with Gasteiger partial charge in [-0.3, -0.25) is 8.42 Å². The Labute approximate surface area is 168 Å². The first-order chi connectivity index (χ1) is 12.1. The Morgan fingerprint density at radius 3 is 1.38 bits per heavy atom. The number of carbonyl (C=O) groups is 2. The van der Waals surface area contributed by atoms with Crippen molar-refractivity contribution >= 4 is 57.1 Å². The molecule has 2 rings (SSSR count). The minimum atomic E-state index is -1.77. The molecule has 0 aliphatic carbocycles. The molecule has 0 N–H and O–H groups in total. The van der Waals surface area contributed by atoms with E-state index in [0.29, 0.717) is 12.8 Å². The summed E-state index contributed by atoms with van der Waals surface area (Å²) in [7, 11) is -1.12. The number of ether oxygens (including phenoxy) is 2. The minimum absolute atomic E-state index is 0.0477. The first-order valence-corrected chi connectivity index (χ1v) is 12.6. The number of hydrogen-bond donors (Lipinski definition) is 0. The van der Waals surface area contributed by atoms with E-state index in [2.05, 4.69) is 0 Å². The van der Waals surface area contributed by atoms with Crippen molar-refractivity contribution in [2.24, 2.45) is 0 Å². The van der Waals surface area contributed by atoms with Crippen molar-refractivity contribution in [1.82, 2.24) is 0 Å². The van der Waals surface area contributed by atoms with E-state index in [-0.39, 0.29) is 21.0 Å². The van der Waals surface area contributed by atoms with Gasteiger partial charge in [-0.05, 0) is 12.8 Å². The lowest BCUT2D eigenvalue weighted by Crippen LogP contribution is -2.70. The monoisotopic (exact) mass is 442 g/mol. The van der Waals surface area contributed by atoms with Crippen LogP contribution in [0.15, 0.2) is 0 Å². The van der Waals surface area contributed by atoms with E-state index in [1.165, 1.54) is 14.2 Å². The van der Waals surface area contributed by atoms with Gasteiger partial charge >= 0.3 is 11.9 Å². The average Bonchev–Trinajstić information content (AvgIpc) is 2.59. The third kappa shape index (κ3) is 3.18. The highest BCUT2D eigenvalue weighted by molar-refractivity contribution is 8.22. The molecule has 0 aromatic carbocycles. The number of rotatable bonds is 3. The van der Waals surface area contributed by atoms with Crippen LogP contribution in [0.1, 0.15) is 40.5 Å². The van der Waals surface area contributed by atoms with Crippen LogP contribution >= 0.6 is 23.5 Å². The maximum Gasteiger partial charge on any atom is 0.338 e. The van der Waals surface area contributed by atoms with Crippen LogP contribution in [0.2, 0.25) is 0 Å². The minimum Gasteiger partial charge on any atom is -0.467 e. The Morgan fingerprint density at radius 2 is 1.12 bits per heavy atom. The van der Waals surface area contributed by atoms with Crippen molar-refractivity contribution in [2.75, 3.05) is 14.2 Å². The Bertz CT molecular complexity index is 586. The van der Waals surface area contributed by atoms with E-state index in [1.54, 1.807) is 13.8 Å². The molecule has 0 aromatic heterocycles. The maximum absolute atomic E-state index is 13.5. The Hall–Kier alpha value is -0.0600. The molecule has 0 amide bonds. The number of hydrogen-bond acceptors (Lipinski definition) is 8. The van der Waals surface area contributed by atoms with Gasteiger partial charge < -0.3 is 9.47 Å². The van der Waals surface area contributed by atoms with Crippen LogP contribution in [-0.2, 0) is 40.7 Å². The standard InChI is InChI=1S/C16H26O6S4/c1-9-7-11(3)25(19)15(23-9,13(17)21-5)16(14(18)22-6)24-10(2)8-12(4)26(16)20/h9-12H,7-8H2,1-6H3/t9-,10+,11+,12-,15+,16-,25?,26?. The third-order valence-corrected chi connectivity index (χ3v) is 13.5. The lowest BCUT2D eigenvalue weighted by atomic mass is 10.2. The molecule has 6 nitrogen and oxygen atoms in total. The van der Waals surface area contributed by atoms with Gasteiger partial charge in [0.15, 0.2) is 0 Å². The van der Waals surface area contributed by atoms with Crippen LogP contribution < -0.4 is 0 Å². The zero-order valence-corrected chi connectivity index (χ0v) is 19.1. The van der Waals surface area contributed by atoms with E-state index >= 15 is 0 Å². The quantitative estimate of drug-likeness (QED) is 0.614. The largest absolute Gasteiger partial charge is 0.467 e. The maximum atomic E-state index is 13.5. The van der Waals surface area contributed by atoms with Crippen LogP contribution in [0.4, 0.5) is 0 Å². The first-order valence-electron chi connectivity index (χ1n) is 8.42. The first kappa shape index (κ1) is 22.2. The van der Waals surface area contributed by atoms with Crippen molar-refractivity contribution in [1.29, 1.82) is 0 Å². The number of carbonyl (C=O) groups excluding carboxylic acids is 2. The van der Waals surface area contributed by atoms with Crippen molar-refractivity contribution in [2.45, 2.75) is 69.7 Å². The smallest absolute Gasteiger partial charge is 0.338 e. The third-order valence-electron chi connectivity index (χ3n) is 4.70. The molecular formula is C16H26O6S4. The molecule has 0 aromatic rings. The highest BCUT2D eigenvalue weighted by Crippen LogP contribution is 2.59. The molecule has 2 heterocycles. The average molecular weight is 443 g/mol. The topological polar surface area (TPSA) is 86.7 Å². The van der Waals surface area contributed by atoms with Gasteiger partial charge in [-0.2, -0.15) is 0 Å². The van der Waals surface area contributed by atoms with Crippen molar-refractivity contribution in [3.8, 4) is 0 Å². The summed E-state index contributed by atoms with van der Waals surface area (Å²) in [5.41, 5.74) is 0. The van der Waals surface area contributed by atoms with Crippen LogP contribution in [0.5, 0.6) is 0 Å². The van der Waals surface area contributed by atoms with Gasteiger partial charge in [0, 0.05) is 21.0 Å². The summed E-state index contributed by atoms with van der Waals surface area (Å²) in [6, 6.07) is 0. The van der Waals surface area contributed by atoms with E-state index in [1.807, 2.05) is 13.8 Å². The number of methoxy groups -OCH3 is 2. The molecule has 150 valence electrons. The summed E-state index contributed by atoms with van der Waals surface area (Å²) < 4.78 is 33.6. The number of thioether (sulfide) groups is 2. The summed E-state index contributed by atoms with van der Waals surface area (Å²) in [5, 5.41) is -0.768. The fourth-order valence-electron chi connectivity index (χ4n) is 3.65. The predicted molar refractivity (Wildman–Crippen MR) is 108 cm³/mol. The van der Waals surface area contributed by atoms with Gasteiger partial charge in [-0.1, -0.05) is 27.7 Å². The van der Waals surface area contributed by atoms with Gasteiger partial charge in [0.2, 0.25) is 8.16 Å². The Kier molecular flexibility index (Phi) is 6.95. The molecule has 0 bridgehead atoms. The zero-order chi connectivity index (χ0) is 19.9. The fourth-order valence-corrected chi connectivity index (χ4v) is 14.2. The molecule has 2 saturated heterocycles. The van der Waals surface area contributed by atoms with Crippen LogP contribution in [0, 0.1) is 0 Å². The molecule has 0 saturated carbocycles. The second-order valence-corrected chi connectivity index (χ2v) is 14.6. The summed E-state index contributed by atoms with van der Waals surface area (Å²) in [5.74, 6) is -1.54. The molecule has 2 unspecified atom stereocenters. The van der Waals surface area contributed by atoms with Gasteiger partial charge in [0.05, 0.1) is 35.8 Å². The lowest BCUT2D eigenvalue weighted by molar-refractivity contribution is -0.148. The van der Waals surface area contributed by atoms with Gasteiger partial charge in [-0.25, -0.2) is 9.59 Å². The molecule has 2 aliphatic heterocycles. The number of esters is 2. The normalized spacial score (nSPS) is 46.4. The molecule has 2 aliphatic rings. The molecule has 0 radical (unpaired) electrons. The summed E-state index contributed by atoms with van der Waals surface area (Å²) >= 11 is 2.29. The highest BCUT2D eigenvalue weighted by Gasteiger charge is 2.74. The molecule has 10 heteroatoms. The van der Waals surface area contributed by atoms with Crippen molar-refractivity contribution in [3.05, 3.63) is 0 Å². The summed E-state index contributed by atoms with van der Waals surface area (Å²) in [4.78, 5) is 26.2. The van der Waals surface area contributed by atoms with Gasteiger partial charge in [0.25, 0.3) is 0 Å². The van der Waals surface area contributed by atoms with Crippen molar-refractivity contribution < 1.29 is 27.5 Å². The Balaban J connectivity index is 2.83. The van der Waals surface area contributed by atoms with E-state index in [9.17, 15) is 18.0 Å². The predicted octanol–water partition coefficient (Wildman–Crippen LogP) is 2.05. The summed E-state index contributed by atoms with van der Waals surface area (Å²) in [6.07, 6.45) is 1.27. The van der Waals surface area contributed by atoms with Gasteiger partial charge in [-0.15, -0.1) is 23.5 Å². The van der Waals surface area contributed by atoms with Crippen LogP contribution in [0.25, 0.3) is 0 Å².